The molecule has 228 valence electrons. The molecule has 2 aromatic carbocycles. The van der Waals surface area contributed by atoms with Gasteiger partial charge in [-0.1, -0.05) is 30.8 Å². The molecule has 0 spiro atoms. The van der Waals surface area contributed by atoms with E-state index < -0.39 is 6.17 Å². The van der Waals surface area contributed by atoms with Crippen LogP contribution >= 0.6 is 0 Å². The molecule has 0 unspecified atom stereocenters. The van der Waals surface area contributed by atoms with Gasteiger partial charge in [0.1, 0.15) is 35.6 Å². The molecule has 44 heavy (non-hydrogen) atoms. The van der Waals surface area contributed by atoms with Crippen LogP contribution in [0.2, 0.25) is 0 Å². The van der Waals surface area contributed by atoms with Gasteiger partial charge in [0.15, 0.2) is 5.82 Å². The minimum absolute atomic E-state index is 0.0850. The zero-order chi connectivity index (χ0) is 31.0. The summed E-state index contributed by atoms with van der Waals surface area (Å²) in [5.74, 6) is 0.660. The Morgan fingerprint density at radius 3 is 2.75 bits per heavy atom. The number of aromatic nitrogens is 3. The van der Waals surface area contributed by atoms with E-state index in [0.717, 1.165) is 32.9 Å². The molecule has 10 nitrogen and oxygen atoms in total. The van der Waals surface area contributed by atoms with Crippen LogP contribution in [0.5, 0.6) is 11.8 Å². The molecule has 0 radical (unpaired) electrons. The van der Waals surface area contributed by atoms with Crippen molar-refractivity contribution >= 4 is 33.5 Å². The number of phenols is 1. The number of phenolic OH excluding ortho intramolecular Hbond substituents is 1. The minimum atomic E-state index is -0.889. The highest BCUT2D eigenvalue weighted by Crippen LogP contribution is 2.34. The van der Waals surface area contributed by atoms with Crippen LogP contribution in [0.4, 0.5) is 10.2 Å². The third kappa shape index (κ3) is 5.65. The van der Waals surface area contributed by atoms with E-state index in [1.54, 1.807) is 17.0 Å². The van der Waals surface area contributed by atoms with Crippen molar-refractivity contribution in [1.29, 1.82) is 0 Å². The fourth-order valence-corrected chi connectivity index (χ4v) is 6.56. The lowest BCUT2D eigenvalue weighted by atomic mass is 9.99. The van der Waals surface area contributed by atoms with Gasteiger partial charge in [0, 0.05) is 57.4 Å². The van der Waals surface area contributed by atoms with Crippen molar-refractivity contribution < 1.29 is 19.0 Å². The SMILES string of the molecule is [C-]#[N+]C[C@H]1CN(c2nc(OC[C@@H]3C[C@@H](F)CN3C)nc3c(Cc4cc(O)cc5ccccc45)cn(C)c23)CCN1C(=O)C=C. The molecule has 6 rings (SSSR count). The molecule has 1 amide bonds. The number of aryl methyl sites for hydroxylation is 1. The van der Waals surface area contributed by atoms with Crippen molar-refractivity contribution in [2.45, 2.75) is 31.1 Å². The average Bonchev–Trinajstić information content (AvgIpc) is 3.51. The Morgan fingerprint density at radius 1 is 1.18 bits per heavy atom. The molecule has 3 atom stereocenters. The third-order valence-electron chi connectivity index (χ3n) is 8.75. The van der Waals surface area contributed by atoms with Gasteiger partial charge in [0.25, 0.3) is 0 Å². The number of rotatable bonds is 8. The van der Waals surface area contributed by atoms with Crippen LogP contribution < -0.4 is 9.64 Å². The van der Waals surface area contributed by atoms with Crippen LogP contribution in [0.15, 0.2) is 55.3 Å². The highest BCUT2D eigenvalue weighted by molar-refractivity contribution is 5.92. The van der Waals surface area contributed by atoms with E-state index in [-0.39, 0.29) is 42.9 Å². The number of likely N-dealkylation sites (N-methyl/N-ethyl adjacent to an activating group) is 1. The van der Waals surface area contributed by atoms with E-state index in [2.05, 4.69) is 16.3 Å². The smallest absolute Gasteiger partial charge is 0.319 e. The molecule has 4 heterocycles. The van der Waals surface area contributed by atoms with E-state index in [9.17, 15) is 14.3 Å². The maximum atomic E-state index is 14.1. The van der Waals surface area contributed by atoms with Crippen LogP contribution in [0.1, 0.15) is 17.5 Å². The summed E-state index contributed by atoms with van der Waals surface area (Å²) in [4.78, 5) is 31.7. The number of hydrogen-bond acceptors (Lipinski definition) is 7. The molecular weight excluding hydrogens is 561 g/mol. The molecule has 4 aromatic rings. The summed E-state index contributed by atoms with van der Waals surface area (Å²) in [5, 5.41) is 12.5. The van der Waals surface area contributed by atoms with Crippen molar-refractivity contribution in [2.24, 2.45) is 7.05 Å². The molecule has 0 bridgehead atoms. The summed E-state index contributed by atoms with van der Waals surface area (Å²) in [7, 11) is 3.84. The number of alkyl halides is 1. The van der Waals surface area contributed by atoms with Crippen LogP contribution in [0.25, 0.3) is 26.7 Å². The predicted molar refractivity (Wildman–Crippen MR) is 168 cm³/mol. The molecule has 2 aromatic heterocycles. The number of benzene rings is 2. The summed E-state index contributed by atoms with van der Waals surface area (Å²) >= 11 is 0. The van der Waals surface area contributed by atoms with Crippen LogP contribution in [-0.4, -0.2) is 100.0 Å². The highest BCUT2D eigenvalue weighted by Gasteiger charge is 2.34. The number of fused-ring (bicyclic) bond motifs is 2. The van der Waals surface area contributed by atoms with Gasteiger partial charge in [-0.15, -0.1) is 0 Å². The maximum Gasteiger partial charge on any atom is 0.319 e. The molecule has 2 saturated heterocycles. The lowest BCUT2D eigenvalue weighted by Crippen LogP contribution is -2.56. The number of piperazine rings is 1. The standard InChI is InChI=1S/C33H36FN7O3/c1-5-29(43)41-11-10-40(19-26(41)16-35-2)32-31-30(36-33(37-32)44-20-25-15-24(34)18-38(25)3)23(17-39(31)4)12-22-14-27(42)13-21-8-6-7-9-28(21)22/h5-9,13-14,17,24-26,42H,1,10-12,15-16,18-20H2,3-4H3/t24-,25+,26+/m1/s1. The second-order valence-corrected chi connectivity index (χ2v) is 11.7. The van der Waals surface area contributed by atoms with E-state index in [1.165, 1.54) is 6.08 Å². The average molecular weight is 598 g/mol. The van der Waals surface area contributed by atoms with Gasteiger partial charge < -0.3 is 29.1 Å². The van der Waals surface area contributed by atoms with Crippen molar-refractivity contribution in [3.05, 3.63) is 77.8 Å². The lowest BCUT2D eigenvalue weighted by Gasteiger charge is -2.39. The normalized spacial score (nSPS) is 20.7. The number of aromatic hydroxyl groups is 1. The summed E-state index contributed by atoms with van der Waals surface area (Å²) in [6.07, 6.45) is 3.33. The monoisotopic (exact) mass is 597 g/mol. The Bertz CT molecular complexity index is 1770. The molecule has 11 heteroatoms. The van der Waals surface area contributed by atoms with Crippen LogP contribution in [-0.2, 0) is 18.3 Å². The zero-order valence-corrected chi connectivity index (χ0v) is 25.0. The van der Waals surface area contributed by atoms with Crippen molar-refractivity contribution in [3.8, 4) is 11.8 Å². The van der Waals surface area contributed by atoms with E-state index in [1.807, 2.05) is 54.0 Å². The van der Waals surface area contributed by atoms with E-state index >= 15 is 0 Å². The number of amides is 1. The fraction of sp³-hybridized carbons (Fsp3) is 0.394. The number of likely N-dealkylation sites (tertiary alicyclic amines) is 1. The number of nitrogens with zero attached hydrogens (tertiary/aromatic N) is 7. The molecule has 0 aliphatic carbocycles. The Morgan fingerprint density at radius 2 is 2.00 bits per heavy atom. The van der Waals surface area contributed by atoms with Gasteiger partial charge in [-0.25, -0.2) is 11.0 Å². The summed E-state index contributed by atoms with van der Waals surface area (Å²) in [6.45, 7) is 13.3. The summed E-state index contributed by atoms with van der Waals surface area (Å²) in [5.41, 5.74) is 3.43. The fourth-order valence-electron chi connectivity index (χ4n) is 6.56. The number of carbonyl (C=O) groups is 1. The largest absolute Gasteiger partial charge is 0.508 e. The second-order valence-electron chi connectivity index (χ2n) is 11.7. The first kappa shape index (κ1) is 29.4. The molecule has 2 aliphatic rings. The Hall–Kier alpha value is -4.69. The third-order valence-corrected chi connectivity index (χ3v) is 8.75. The number of hydrogen-bond donors (Lipinski definition) is 1. The topological polar surface area (TPSA) is 91.3 Å². The zero-order valence-electron chi connectivity index (χ0n) is 25.0. The van der Waals surface area contributed by atoms with Gasteiger partial charge in [0.05, 0.1) is 0 Å². The minimum Gasteiger partial charge on any atom is -0.508 e. The van der Waals surface area contributed by atoms with Crippen molar-refractivity contribution in [1.82, 2.24) is 24.3 Å². The maximum absolute atomic E-state index is 14.1. The van der Waals surface area contributed by atoms with Gasteiger partial charge in [-0.05, 0) is 48.0 Å². The van der Waals surface area contributed by atoms with Gasteiger partial charge in [0.2, 0.25) is 12.5 Å². The Kier molecular flexibility index (Phi) is 8.10. The van der Waals surface area contributed by atoms with Crippen molar-refractivity contribution in [3.63, 3.8) is 0 Å². The quantitative estimate of drug-likeness (QED) is 0.243. The number of ether oxygens (including phenoxy) is 1. The first-order chi connectivity index (χ1) is 21.2. The molecule has 0 saturated carbocycles. The lowest BCUT2D eigenvalue weighted by molar-refractivity contribution is -0.128. The highest BCUT2D eigenvalue weighted by atomic mass is 19.1. The predicted octanol–water partition coefficient (Wildman–Crippen LogP) is 3.96. The number of carbonyl (C=O) groups excluding carboxylic acids is 1. The first-order valence-corrected chi connectivity index (χ1v) is 14.8. The molecule has 1 N–H and O–H groups in total. The summed E-state index contributed by atoms with van der Waals surface area (Å²) < 4.78 is 22.2. The Balaban J connectivity index is 1.41. The number of anilines is 1. The first-order valence-electron chi connectivity index (χ1n) is 14.8. The van der Waals surface area contributed by atoms with Crippen LogP contribution in [0, 0.1) is 6.57 Å². The molecule has 2 fully saturated rings. The molecule has 2 aliphatic heterocycles. The molecular formula is C33H36FN7O3. The van der Waals surface area contributed by atoms with Crippen molar-refractivity contribution in [2.75, 3.05) is 51.3 Å². The van der Waals surface area contributed by atoms with E-state index in [0.29, 0.717) is 44.8 Å². The van der Waals surface area contributed by atoms with Gasteiger partial charge in [-0.2, -0.15) is 9.97 Å². The van der Waals surface area contributed by atoms with E-state index in [4.69, 9.17) is 21.3 Å². The van der Waals surface area contributed by atoms with Gasteiger partial charge >= 0.3 is 6.01 Å². The Labute approximate surface area is 255 Å². The second kappa shape index (κ2) is 12.1. The van der Waals surface area contributed by atoms with Gasteiger partial charge in [-0.3, -0.25) is 9.69 Å². The number of halogens is 1. The van der Waals surface area contributed by atoms with Crippen LogP contribution in [0.3, 0.4) is 0 Å². The summed E-state index contributed by atoms with van der Waals surface area (Å²) in [6, 6.07) is 11.3.